The predicted molar refractivity (Wildman–Crippen MR) is 136 cm³/mol. The van der Waals surface area contributed by atoms with Crippen molar-refractivity contribution in [3.8, 4) is 16.9 Å². The predicted octanol–water partition coefficient (Wildman–Crippen LogP) is 5.64. The zero-order valence-electron chi connectivity index (χ0n) is 21.3. The van der Waals surface area contributed by atoms with Gasteiger partial charge in [-0.3, -0.25) is 4.79 Å². The lowest BCUT2D eigenvalue weighted by Gasteiger charge is -2.12. The molecule has 0 N–H and O–H groups in total. The van der Waals surface area contributed by atoms with Crippen LogP contribution in [0.5, 0.6) is 5.75 Å². The van der Waals surface area contributed by atoms with E-state index in [1.807, 2.05) is 6.08 Å². The molecular weight excluding hydrogens is 509 g/mol. The van der Waals surface area contributed by atoms with E-state index in [1.165, 1.54) is 12.1 Å². The summed E-state index contributed by atoms with van der Waals surface area (Å²) in [5.74, 6) is 0.350. The second kappa shape index (κ2) is 9.83. The highest BCUT2D eigenvalue weighted by Gasteiger charge is 2.57. The lowest BCUT2D eigenvalue weighted by atomic mass is 10.1. The van der Waals surface area contributed by atoms with Gasteiger partial charge in [0.2, 0.25) is 0 Å². The number of benzene rings is 1. The van der Waals surface area contributed by atoms with E-state index in [4.69, 9.17) is 4.74 Å². The number of rotatable bonds is 8. The molecule has 39 heavy (non-hydrogen) atoms. The zero-order valence-corrected chi connectivity index (χ0v) is 21.3. The number of ether oxygens (including phenoxy) is 2. The Kier molecular flexibility index (Phi) is 6.32. The van der Waals surface area contributed by atoms with Gasteiger partial charge in [-0.05, 0) is 43.7 Å². The SMILES string of the molecule is CCOC(=O)[C@H]1[C@@H]2C=C(c3ncc(-c4cn5c(Cc6ccccc6OC(F)F)c(C)nc5cc4F)cn3)C[C@@H]21. The van der Waals surface area contributed by atoms with Gasteiger partial charge in [-0.2, -0.15) is 8.78 Å². The molecule has 200 valence electrons. The first-order valence-electron chi connectivity index (χ1n) is 12.7. The Labute approximate surface area is 222 Å². The molecule has 7 nitrogen and oxygen atoms in total. The van der Waals surface area contributed by atoms with Crippen molar-refractivity contribution in [1.29, 1.82) is 0 Å². The van der Waals surface area contributed by atoms with Crippen molar-refractivity contribution in [3.05, 3.63) is 83.6 Å². The van der Waals surface area contributed by atoms with Gasteiger partial charge in [0.25, 0.3) is 0 Å². The number of aromatic nitrogens is 4. The summed E-state index contributed by atoms with van der Waals surface area (Å²) in [4.78, 5) is 25.4. The molecule has 0 amide bonds. The number of carbonyl (C=O) groups is 1. The molecule has 0 unspecified atom stereocenters. The van der Waals surface area contributed by atoms with Crippen LogP contribution in [0.2, 0.25) is 0 Å². The standard InChI is InChI=1S/C29H25F3N4O3/c1-3-38-28(37)26-19-8-17(9-20(19)26)27-33-12-18(13-34-27)21-14-36-23(15(2)35-25(36)11-22(21)30)10-16-6-4-5-7-24(16)39-29(31)32/h4-8,11-14,19-20,26,29H,3,9-10H2,1-2H3/t19-,20+,26+/m1/s1. The van der Waals surface area contributed by atoms with E-state index in [0.717, 1.165) is 11.3 Å². The molecule has 2 aliphatic rings. The number of alkyl halides is 2. The maximum atomic E-state index is 15.2. The summed E-state index contributed by atoms with van der Waals surface area (Å²) in [6.07, 6.45) is 7.81. The Bertz CT molecular complexity index is 1600. The fourth-order valence-corrected chi connectivity index (χ4v) is 5.51. The Morgan fingerprint density at radius 3 is 2.67 bits per heavy atom. The number of imidazole rings is 1. The molecule has 3 heterocycles. The number of esters is 1. The van der Waals surface area contributed by atoms with E-state index < -0.39 is 12.4 Å². The van der Waals surface area contributed by atoms with E-state index >= 15 is 4.39 Å². The molecule has 0 saturated heterocycles. The average molecular weight is 535 g/mol. The highest BCUT2D eigenvalue weighted by atomic mass is 19.3. The van der Waals surface area contributed by atoms with Gasteiger partial charge in [-0.25, -0.2) is 19.3 Å². The quantitative estimate of drug-likeness (QED) is 0.272. The number of hydrogen-bond donors (Lipinski definition) is 0. The number of nitrogens with zero attached hydrogens (tertiary/aromatic N) is 4. The molecule has 1 fully saturated rings. The maximum absolute atomic E-state index is 15.2. The molecule has 3 atom stereocenters. The number of hydrogen-bond acceptors (Lipinski definition) is 6. The highest BCUT2D eigenvalue weighted by Crippen LogP contribution is 2.58. The smallest absolute Gasteiger partial charge is 0.387 e. The van der Waals surface area contributed by atoms with E-state index in [0.29, 0.717) is 41.3 Å². The van der Waals surface area contributed by atoms with Gasteiger partial charge >= 0.3 is 12.6 Å². The van der Waals surface area contributed by atoms with Crippen LogP contribution >= 0.6 is 0 Å². The Hall–Kier alpha value is -4.21. The largest absolute Gasteiger partial charge is 0.466 e. The number of aryl methyl sites for hydroxylation is 1. The van der Waals surface area contributed by atoms with E-state index in [-0.39, 0.29) is 41.5 Å². The van der Waals surface area contributed by atoms with Crippen molar-refractivity contribution in [2.24, 2.45) is 17.8 Å². The van der Waals surface area contributed by atoms with E-state index in [1.54, 1.807) is 55.0 Å². The summed E-state index contributed by atoms with van der Waals surface area (Å²) < 4.78 is 52.5. The molecule has 0 spiro atoms. The van der Waals surface area contributed by atoms with E-state index in [9.17, 15) is 13.6 Å². The highest BCUT2D eigenvalue weighted by molar-refractivity contribution is 5.81. The van der Waals surface area contributed by atoms with Crippen LogP contribution < -0.4 is 4.74 Å². The molecular formula is C29H25F3N4O3. The van der Waals surface area contributed by atoms with Crippen molar-refractivity contribution in [2.45, 2.75) is 33.3 Å². The molecule has 0 bridgehead atoms. The number of carbonyl (C=O) groups excluding carboxylic acids is 1. The van der Waals surface area contributed by atoms with Crippen LogP contribution in [0.4, 0.5) is 13.2 Å². The van der Waals surface area contributed by atoms with Crippen molar-refractivity contribution in [2.75, 3.05) is 6.61 Å². The van der Waals surface area contributed by atoms with Gasteiger partial charge in [0.15, 0.2) is 5.82 Å². The van der Waals surface area contributed by atoms with Gasteiger partial charge in [-0.15, -0.1) is 0 Å². The number of pyridine rings is 1. The van der Waals surface area contributed by atoms with Crippen LogP contribution in [-0.4, -0.2) is 38.5 Å². The topological polar surface area (TPSA) is 78.6 Å². The molecule has 2 aliphatic carbocycles. The van der Waals surface area contributed by atoms with Crippen molar-refractivity contribution >= 4 is 17.2 Å². The summed E-state index contributed by atoms with van der Waals surface area (Å²) in [5, 5.41) is 0. The first-order chi connectivity index (χ1) is 18.8. The maximum Gasteiger partial charge on any atom is 0.387 e. The number of halogens is 3. The summed E-state index contributed by atoms with van der Waals surface area (Å²) in [5.41, 5.74) is 4.10. The monoisotopic (exact) mass is 534 g/mol. The first kappa shape index (κ1) is 25.1. The van der Waals surface area contributed by atoms with Crippen LogP contribution in [0.3, 0.4) is 0 Å². The zero-order chi connectivity index (χ0) is 27.3. The van der Waals surface area contributed by atoms with Crippen molar-refractivity contribution < 1.29 is 27.4 Å². The minimum absolute atomic E-state index is 0.0736. The lowest BCUT2D eigenvalue weighted by molar-refractivity contribution is -0.145. The molecule has 4 aromatic rings. The third-order valence-electron chi connectivity index (χ3n) is 7.44. The van der Waals surface area contributed by atoms with Gasteiger partial charge < -0.3 is 13.9 Å². The minimum Gasteiger partial charge on any atom is -0.466 e. The fraction of sp³-hybridized carbons (Fsp3) is 0.310. The van der Waals surface area contributed by atoms with Crippen LogP contribution in [0.25, 0.3) is 22.3 Å². The Morgan fingerprint density at radius 2 is 1.97 bits per heavy atom. The lowest BCUT2D eigenvalue weighted by Crippen LogP contribution is -2.10. The molecule has 3 aromatic heterocycles. The average Bonchev–Trinajstić information content (AvgIpc) is 3.25. The van der Waals surface area contributed by atoms with E-state index in [2.05, 4.69) is 19.7 Å². The molecule has 0 aliphatic heterocycles. The van der Waals surface area contributed by atoms with Crippen LogP contribution in [0.15, 0.2) is 55.0 Å². The number of fused-ring (bicyclic) bond motifs is 2. The summed E-state index contributed by atoms with van der Waals surface area (Å²) in [6, 6.07) is 7.91. The second-order valence-corrected chi connectivity index (χ2v) is 9.78. The number of para-hydroxylation sites is 1. The summed E-state index contributed by atoms with van der Waals surface area (Å²) in [7, 11) is 0. The second-order valence-electron chi connectivity index (χ2n) is 9.78. The van der Waals surface area contributed by atoms with Gasteiger partial charge in [-0.1, -0.05) is 24.3 Å². The molecule has 10 heteroatoms. The Morgan fingerprint density at radius 1 is 1.21 bits per heavy atom. The van der Waals surface area contributed by atoms with Gasteiger partial charge in [0, 0.05) is 53.5 Å². The molecule has 6 rings (SSSR count). The van der Waals surface area contributed by atoms with Crippen molar-refractivity contribution in [3.63, 3.8) is 0 Å². The summed E-state index contributed by atoms with van der Waals surface area (Å²) >= 11 is 0. The van der Waals surface area contributed by atoms with Gasteiger partial charge in [0.05, 0.1) is 18.2 Å². The fourth-order valence-electron chi connectivity index (χ4n) is 5.51. The third-order valence-corrected chi connectivity index (χ3v) is 7.44. The van der Waals surface area contributed by atoms with Crippen LogP contribution in [0.1, 0.15) is 36.1 Å². The number of allylic oxidation sites excluding steroid dienone is 2. The van der Waals surface area contributed by atoms with Crippen LogP contribution in [0, 0.1) is 30.5 Å². The molecule has 1 aromatic carbocycles. The first-order valence-corrected chi connectivity index (χ1v) is 12.7. The van der Waals surface area contributed by atoms with Gasteiger partial charge in [0.1, 0.15) is 17.2 Å². The normalized spacial score (nSPS) is 19.7. The molecule has 1 saturated carbocycles. The van der Waals surface area contributed by atoms with Crippen molar-refractivity contribution in [1.82, 2.24) is 19.4 Å². The Balaban J connectivity index is 1.27. The molecule has 0 radical (unpaired) electrons. The summed E-state index contributed by atoms with van der Waals surface area (Å²) in [6.45, 7) is 1.02. The third kappa shape index (κ3) is 4.64. The minimum atomic E-state index is -2.94. The van der Waals surface area contributed by atoms with Crippen LogP contribution in [-0.2, 0) is 16.0 Å².